The molecule has 2 saturated heterocycles. The summed E-state index contributed by atoms with van der Waals surface area (Å²) in [5.74, 6) is 0. The fraction of sp³-hybridized carbons (Fsp3) is 1.00. The van der Waals surface area contributed by atoms with Gasteiger partial charge in [0.1, 0.15) is 0 Å². The molecule has 0 aromatic rings. The van der Waals surface area contributed by atoms with E-state index in [1.54, 1.807) is 7.11 Å². The molecule has 2 aliphatic rings. The van der Waals surface area contributed by atoms with Crippen LogP contribution < -0.4 is 5.32 Å². The fourth-order valence-electron chi connectivity index (χ4n) is 2.58. The van der Waals surface area contributed by atoms with Crippen molar-refractivity contribution in [2.45, 2.75) is 12.8 Å². The van der Waals surface area contributed by atoms with Crippen LogP contribution in [0.25, 0.3) is 0 Å². The zero-order valence-corrected chi connectivity index (χ0v) is 8.51. The summed E-state index contributed by atoms with van der Waals surface area (Å²) in [5, 5.41) is 3.47. The first-order valence-corrected chi connectivity index (χ1v) is 5.27. The van der Waals surface area contributed by atoms with Crippen molar-refractivity contribution in [3.05, 3.63) is 0 Å². The van der Waals surface area contributed by atoms with Crippen LogP contribution in [0.5, 0.6) is 0 Å². The number of likely N-dealkylation sites (tertiary alicyclic amines) is 1. The van der Waals surface area contributed by atoms with Crippen molar-refractivity contribution < 1.29 is 4.74 Å². The van der Waals surface area contributed by atoms with Gasteiger partial charge in [-0.3, -0.25) is 0 Å². The zero-order chi connectivity index (χ0) is 9.15. The first-order valence-electron chi connectivity index (χ1n) is 5.27. The van der Waals surface area contributed by atoms with E-state index in [2.05, 4.69) is 10.2 Å². The molecule has 0 saturated carbocycles. The van der Waals surface area contributed by atoms with Crippen LogP contribution in [-0.2, 0) is 4.74 Å². The minimum Gasteiger partial charge on any atom is -0.383 e. The standard InChI is InChI=1S/C10H20N2O/c1-13-7-6-12-5-3-10(9-12)2-4-11-8-10/h11H,2-9H2,1H3. The van der Waals surface area contributed by atoms with E-state index in [-0.39, 0.29) is 0 Å². The molecule has 3 nitrogen and oxygen atoms in total. The predicted octanol–water partition coefficient (Wildman–Crippen LogP) is 0.318. The monoisotopic (exact) mass is 184 g/mol. The van der Waals surface area contributed by atoms with Gasteiger partial charge < -0.3 is 15.0 Å². The zero-order valence-electron chi connectivity index (χ0n) is 8.51. The molecule has 2 fully saturated rings. The van der Waals surface area contributed by atoms with E-state index >= 15 is 0 Å². The molecule has 3 heteroatoms. The van der Waals surface area contributed by atoms with Gasteiger partial charge >= 0.3 is 0 Å². The topological polar surface area (TPSA) is 24.5 Å². The Balaban J connectivity index is 1.79. The third-order valence-electron chi connectivity index (χ3n) is 3.46. The molecule has 0 aromatic heterocycles. The van der Waals surface area contributed by atoms with Gasteiger partial charge in [0.15, 0.2) is 0 Å². The lowest BCUT2D eigenvalue weighted by molar-refractivity contribution is 0.154. The number of hydrogen-bond acceptors (Lipinski definition) is 3. The Kier molecular flexibility index (Phi) is 2.86. The molecule has 1 N–H and O–H groups in total. The molecule has 13 heavy (non-hydrogen) atoms. The Morgan fingerprint density at radius 2 is 2.38 bits per heavy atom. The summed E-state index contributed by atoms with van der Waals surface area (Å²) in [5.41, 5.74) is 0.619. The molecule has 1 unspecified atom stereocenters. The highest BCUT2D eigenvalue weighted by molar-refractivity contribution is 4.95. The number of hydrogen-bond donors (Lipinski definition) is 1. The lowest BCUT2D eigenvalue weighted by atomic mass is 9.87. The van der Waals surface area contributed by atoms with Gasteiger partial charge in [0.2, 0.25) is 0 Å². The Bertz CT molecular complexity index is 166. The predicted molar refractivity (Wildman–Crippen MR) is 52.9 cm³/mol. The Labute approximate surface area is 80.4 Å². The highest BCUT2D eigenvalue weighted by Crippen LogP contribution is 2.35. The van der Waals surface area contributed by atoms with Crippen molar-refractivity contribution in [1.29, 1.82) is 0 Å². The third-order valence-corrected chi connectivity index (χ3v) is 3.46. The summed E-state index contributed by atoms with van der Waals surface area (Å²) in [7, 11) is 1.78. The van der Waals surface area contributed by atoms with Crippen LogP contribution in [0.3, 0.4) is 0 Å². The van der Waals surface area contributed by atoms with Crippen LogP contribution in [0, 0.1) is 5.41 Å². The molecule has 0 amide bonds. The summed E-state index contributed by atoms with van der Waals surface area (Å²) >= 11 is 0. The van der Waals surface area contributed by atoms with Crippen LogP contribution >= 0.6 is 0 Å². The van der Waals surface area contributed by atoms with Gasteiger partial charge in [-0.2, -0.15) is 0 Å². The molecule has 2 heterocycles. The highest BCUT2D eigenvalue weighted by Gasteiger charge is 2.39. The highest BCUT2D eigenvalue weighted by atomic mass is 16.5. The maximum absolute atomic E-state index is 5.10. The molecule has 0 aliphatic carbocycles. The normalized spacial score (nSPS) is 34.8. The first kappa shape index (κ1) is 9.44. The maximum atomic E-state index is 5.10. The van der Waals surface area contributed by atoms with Crippen LogP contribution in [0.15, 0.2) is 0 Å². The van der Waals surface area contributed by atoms with Crippen molar-refractivity contribution in [2.75, 3.05) is 46.4 Å². The molecule has 2 aliphatic heterocycles. The van der Waals surface area contributed by atoms with Crippen molar-refractivity contribution in [1.82, 2.24) is 10.2 Å². The summed E-state index contributed by atoms with van der Waals surface area (Å²) in [4.78, 5) is 2.54. The third kappa shape index (κ3) is 2.03. The van der Waals surface area contributed by atoms with Crippen molar-refractivity contribution in [3.63, 3.8) is 0 Å². The summed E-state index contributed by atoms with van der Waals surface area (Å²) in [6.07, 6.45) is 2.75. The van der Waals surface area contributed by atoms with E-state index in [1.165, 1.54) is 39.0 Å². The van der Waals surface area contributed by atoms with Gasteiger partial charge in [0.25, 0.3) is 0 Å². The molecule has 2 rings (SSSR count). The summed E-state index contributed by atoms with van der Waals surface area (Å²) < 4.78 is 5.10. The van der Waals surface area contributed by atoms with E-state index in [1.807, 2.05) is 0 Å². The Morgan fingerprint density at radius 1 is 1.46 bits per heavy atom. The van der Waals surface area contributed by atoms with Gasteiger partial charge in [0.05, 0.1) is 6.61 Å². The second kappa shape index (κ2) is 3.95. The summed E-state index contributed by atoms with van der Waals surface area (Å²) in [6, 6.07) is 0. The molecule has 0 bridgehead atoms. The van der Waals surface area contributed by atoms with Gasteiger partial charge in [0, 0.05) is 26.7 Å². The molecule has 1 atom stereocenters. The second-order valence-electron chi connectivity index (χ2n) is 4.45. The van der Waals surface area contributed by atoms with Crippen molar-refractivity contribution in [3.8, 4) is 0 Å². The van der Waals surface area contributed by atoms with E-state index in [0.29, 0.717) is 5.41 Å². The molecule has 76 valence electrons. The first-order chi connectivity index (χ1) is 6.35. The average molecular weight is 184 g/mol. The van der Waals surface area contributed by atoms with Gasteiger partial charge in [-0.05, 0) is 31.3 Å². The quantitative estimate of drug-likeness (QED) is 0.683. The maximum Gasteiger partial charge on any atom is 0.0589 e. The van der Waals surface area contributed by atoms with E-state index in [9.17, 15) is 0 Å². The van der Waals surface area contributed by atoms with Crippen LogP contribution in [0.1, 0.15) is 12.8 Å². The molecule has 0 aromatic carbocycles. The number of nitrogens with one attached hydrogen (secondary N) is 1. The van der Waals surface area contributed by atoms with Crippen LogP contribution in [-0.4, -0.2) is 51.3 Å². The van der Waals surface area contributed by atoms with E-state index < -0.39 is 0 Å². The molecular formula is C10H20N2O. The largest absolute Gasteiger partial charge is 0.383 e. The number of methoxy groups -OCH3 is 1. The Hall–Kier alpha value is -0.120. The number of ether oxygens (including phenoxy) is 1. The van der Waals surface area contributed by atoms with E-state index in [4.69, 9.17) is 4.74 Å². The number of nitrogens with zero attached hydrogens (tertiary/aromatic N) is 1. The van der Waals surface area contributed by atoms with Crippen LogP contribution in [0.2, 0.25) is 0 Å². The van der Waals surface area contributed by atoms with E-state index in [0.717, 1.165) is 13.2 Å². The molecular weight excluding hydrogens is 164 g/mol. The van der Waals surface area contributed by atoms with Gasteiger partial charge in [-0.1, -0.05) is 0 Å². The lowest BCUT2D eigenvalue weighted by Crippen LogP contribution is -2.30. The number of rotatable bonds is 3. The van der Waals surface area contributed by atoms with Crippen molar-refractivity contribution in [2.24, 2.45) is 5.41 Å². The smallest absolute Gasteiger partial charge is 0.0589 e. The molecule has 1 spiro atoms. The average Bonchev–Trinajstić information content (AvgIpc) is 2.74. The fourth-order valence-corrected chi connectivity index (χ4v) is 2.58. The van der Waals surface area contributed by atoms with Gasteiger partial charge in [-0.15, -0.1) is 0 Å². The SMILES string of the molecule is COCCN1CCC2(CCNC2)C1. The Morgan fingerprint density at radius 3 is 3.08 bits per heavy atom. The van der Waals surface area contributed by atoms with Crippen LogP contribution in [0.4, 0.5) is 0 Å². The summed E-state index contributed by atoms with van der Waals surface area (Å²) in [6.45, 7) is 6.99. The van der Waals surface area contributed by atoms with Gasteiger partial charge in [-0.25, -0.2) is 0 Å². The lowest BCUT2D eigenvalue weighted by Gasteiger charge is -2.22. The minimum absolute atomic E-state index is 0.619. The minimum atomic E-state index is 0.619. The molecule has 0 radical (unpaired) electrons. The second-order valence-corrected chi connectivity index (χ2v) is 4.45. The van der Waals surface area contributed by atoms with Crippen molar-refractivity contribution >= 4 is 0 Å².